The molecular formula is C26H29N3O4. The Labute approximate surface area is 194 Å². The smallest absolute Gasteiger partial charge is 0.321 e. The number of methoxy groups -OCH3 is 2. The highest BCUT2D eigenvalue weighted by molar-refractivity contribution is 5.89. The second-order valence-corrected chi connectivity index (χ2v) is 7.74. The van der Waals surface area contributed by atoms with Crippen LogP contribution in [0.2, 0.25) is 0 Å². The number of hydrogen-bond acceptors (Lipinski definition) is 5. The van der Waals surface area contributed by atoms with Crippen LogP contribution in [0.5, 0.6) is 17.2 Å². The molecule has 1 saturated heterocycles. The van der Waals surface area contributed by atoms with Crippen LogP contribution in [0.4, 0.5) is 16.2 Å². The minimum atomic E-state index is -0.103. The number of anilines is 2. The van der Waals surface area contributed by atoms with Crippen molar-refractivity contribution in [1.82, 2.24) is 4.90 Å². The van der Waals surface area contributed by atoms with Gasteiger partial charge in [-0.1, -0.05) is 30.3 Å². The van der Waals surface area contributed by atoms with Gasteiger partial charge in [-0.05, 0) is 42.0 Å². The van der Waals surface area contributed by atoms with E-state index in [1.165, 1.54) is 0 Å². The van der Waals surface area contributed by atoms with E-state index in [-0.39, 0.29) is 6.03 Å². The number of rotatable bonds is 7. The maximum atomic E-state index is 12.7. The zero-order valence-electron chi connectivity index (χ0n) is 19.0. The van der Waals surface area contributed by atoms with Crippen LogP contribution in [-0.2, 0) is 6.61 Å². The molecule has 0 atom stereocenters. The fourth-order valence-corrected chi connectivity index (χ4v) is 3.77. The number of piperazine rings is 1. The van der Waals surface area contributed by atoms with Gasteiger partial charge in [0.15, 0.2) is 0 Å². The summed E-state index contributed by atoms with van der Waals surface area (Å²) in [5, 5.41) is 2.98. The number of nitrogens with one attached hydrogen (secondary N) is 1. The Bertz CT molecular complexity index is 1050. The van der Waals surface area contributed by atoms with Crippen molar-refractivity contribution in [2.45, 2.75) is 6.61 Å². The third-order valence-electron chi connectivity index (χ3n) is 5.65. The first kappa shape index (κ1) is 22.3. The largest absolute Gasteiger partial charge is 0.497 e. The summed E-state index contributed by atoms with van der Waals surface area (Å²) in [6.45, 7) is 3.21. The molecule has 0 unspecified atom stereocenters. The van der Waals surface area contributed by atoms with Gasteiger partial charge in [0.2, 0.25) is 0 Å². The van der Waals surface area contributed by atoms with Gasteiger partial charge >= 0.3 is 6.03 Å². The van der Waals surface area contributed by atoms with Gasteiger partial charge in [-0.15, -0.1) is 0 Å². The fourth-order valence-electron chi connectivity index (χ4n) is 3.77. The quantitative estimate of drug-likeness (QED) is 0.572. The Morgan fingerprint density at radius 1 is 0.848 bits per heavy atom. The number of nitrogens with zero attached hydrogens (tertiary/aromatic N) is 2. The Morgan fingerprint density at radius 2 is 1.55 bits per heavy atom. The van der Waals surface area contributed by atoms with Gasteiger partial charge in [0.1, 0.15) is 23.9 Å². The molecule has 7 nitrogen and oxygen atoms in total. The highest BCUT2D eigenvalue weighted by Crippen LogP contribution is 2.32. The minimum absolute atomic E-state index is 0.103. The lowest BCUT2D eigenvalue weighted by molar-refractivity contribution is 0.208. The third-order valence-corrected chi connectivity index (χ3v) is 5.65. The lowest BCUT2D eigenvalue weighted by atomic mass is 10.2. The maximum absolute atomic E-state index is 12.7. The zero-order chi connectivity index (χ0) is 23.0. The molecule has 0 radical (unpaired) electrons. The van der Waals surface area contributed by atoms with Crippen LogP contribution in [0.15, 0.2) is 72.8 Å². The van der Waals surface area contributed by atoms with E-state index in [9.17, 15) is 4.79 Å². The standard InChI is InChI=1S/C26H29N3O4/c1-31-23-12-13-24(25(18-23)32-2)28-14-16-29(17-15-28)26(30)27-21-8-10-22(11-9-21)33-19-20-6-4-3-5-7-20/h3-13,18H,14-17,19H2,1-2H3,(H,27,30). The van der Waals surface area contributed by atoms with E-state index >= 15 is 0 Å². The number of urea groups is 1. The highest BCUT2D eigenvalue weighted by Gasteiger charge is 2.23. The summed E-state index contributed by atoms with van der Waals surface area (Å²) < 4.78 is 16.6. The summed E-state index contributed by atoms with van der Waals surface area (Å²) in [6, 6.07) is 23.2. The number of benzene rings is 3. The molecule has 1 aliphatic rings. The predicted octanol–water partition coefficient (Wildman–Crippen LogP) is 4.64. The molecule has 7 heteroatoms. The molecule has 4 rings (SSSR count). The van der Waals surface area contributed by atoms with Crippen LogP contribution in [-0.4, -0.2) is 51.3 Å². The van der Waals surface area contributed by atoms with Gasteiger partial charge in [0.25, 0.3) is 0 Å². The number of carbonyl (C=O) groups is 1. The molecule has 1 heterocycles. The van der Waals surface area contributed by atoms with Crippen LogP contribution in [0.25, 0.3) is 0 Å². The summed E-state index contributed by atoms with van der Waals surface area (Å²) in [6.07, 6.45) is 0. The average Bonchev–Trinajstić information content (AvgIpc) is 2.88. The molecule has 1 fully saturated rings. The second-order valence-electron chi connectivity index (χ2n) is 7.74. The van der Waals surface area contributed by atoms with Crippen molar-refractivity contribution in [2.24, 2.45) is 0 Å². The van der Waals surface area contributed by atoms with E-state index in [1.54, 1.807) is 14.2 Å². The molecule has 1 aliphatic heterocycles. The molecular weight excluding hydrogens is 418 g/mol. The highest BCUT2D eigenvalue weighted by atomic mass is 16.5. The maximum Gasteiger partial charge on any atom is 0.321 e. The van der Waals surface area contributed by atoms with Crippen LogP contribution >= 0.6 is 0 Å². The second kappa shape index (κ2) is 10.6. The van der Waals surface area contributed by atoms with Crippen LogP contribution < -0.4 is 24.4 Å². The summed E-state index contributed by atoms with van der Waals surface area (Å²) in [4.78, 5) is 16.8. The first-order valence-corrected chi connectivity index (χ1v) is 11.0. The molecule has 1 N–H and O–H groups in total. The topological polar surface area (TPSA) is 63.3 Å². The summed E-state index contributed by atoms with van der Waals surface area (Å²) >= 11 is 0. The lowest BCUT2D eigenvalue weighted by Crippen LogP contribution is -2.50. The lowest BCUT2D eigenvalue weighted by Gasteiger charge is -2.36. The number of carbonyl (C=O) groups excluding carboxylic acids is 1. The molecule has 0 spiro atoms. The van der Waals surface area contributed by atoms with E-state index in [1.807, 2.05) is 77.7 Å². The van der Waals surface area contributed by atoms with Crippen molar-refractivity contribution in [1.29, 1.82) is 0 Å². The molecule has 33 heavy (non-hydrogen) atoms. The molecule has 0 aromatic heterocycles. The van der Waals surface area contributed by atoms with E-state index < -0.39 is 0 Å². The van der Waals surface area contributed by atoms with Crippen molar-refractivity contribution in [3.63, 3.8) is 0 Å². The van der Waals surface area contributed by atoms with Crippen molar-refractivity contribution >= 4 is 17.4 Å². The van der Waals surface area contributed by atoms with Gasteiger partial charge in [0, 0.05) is 37.9 Å². The first-order chi connectivity index (χ1) is 16.2. The molecule has 0 bridgehead atoms. The average molecular weight is 448 g/mol. The van der Waals surface area contributed by atoms with Crippen LogP contribution in [0.1, 0.15) is 5.56 Å². The summed E-state index contributed by atoms with van der Waals surface area (Å²) in [7, 11) is 3.29. The van der Waals surface area contributed by atoms with E-state index in [2.05, 4.69) is 10.2 Å². The predicted molar refractivity (Wildman–Crippen MR) is 130 cm³/mol. The molecule has 172 valence electrons. The fraction of sp³-hybridized carbons (Fsp3) is 0.269. The van der Waals surface area contributed by atoms with Gasteiger partial charge in [-0.2, -0.15) is 0 Å². The summed E-state index contributed by atoms with van der Waals surface area (Å²) in [5.74, 6) is 2.28. The minimum Gasteiger partial charge on any atom is -0.497 e. The SMILES string of the molecule is COc1ccc(N2CCN(C(=O)Nc3ccc(OCc4ccccc4)cc3)CC2)c(OC)c1. The Morgan fingerprint density at radius 3 is 2.21 bits per heavy atom. The number of amides is 2. The Kier molecular flexibility index (Phi) is 7.19. The molecule has 0 saturated carbocycles. The van der Waals surface area contributed by atoms with Crippen molar-refractivity contribution in [2.75, 3.05) is 50.6 Å². The third kappa shape index (κ3) is 5.68. The van der Waals surface area contributed by atoms with Crippen LogP contribution in [0.3, 0.4) is 0 Å². The summed E-state index contributed by atoms with van der Waals surface area (Å²) in [5.41, 5.74) is 2.86. The van der Waals surface area contributed by atoms with Crippen molar-refractivity contribution in [3.8, 4) is 17.2 Å². The van der Waals surface area contributed by atoms with Crippen molar-refractivity contribution in [3.05, 3.63) is 78.4 Å². The van der Waals surface area contributed by atoms with E-state index in [0.717, 1.165) is 47.3 Å². The Hall–Kier alpha value is -3.87. The van der Waals surface area contributed by atoms with Crippen molar-refractivity contribution < 1.29 is 19.0 Å². The van der Waals surface area contributed by atoms with Crippen LogP contribution in [0, 0.1) is 0 Å². The normalized spacial score (nSPS) is 13.4. The van der Waals surface area contributed by atoms with Gasteiger partial charge in [-0.3, -0.25) is 0 Å². The van der Waals surface area contributed by atoms with E-state index in [0.29, 0.717) is 19.7 Å². The molecule has 3 aromatic rings. The number of ether oxygens (including phenoxy) is 3. The molecule has 0 aliphatic carbocycles. The van der Waals surface area contributed by atoms with Gasteiger partial charge in [-0.25, -0.2) is 4.79 Å². The van der Waals surface area contributed by atoms with Gasteiger partial charge in [0.05, 0.1) is 19.9 Å². The number of hydrogen-bond donors (Lipinski definition) is 1. The van der Waals surface area contributed by atoms with Gasteiger partial charge < -0.3 is 29.3 Å². The monoisotopic (exact) mass is 447 g/mol. The molecule has 3 aromatic carbocycles. The molecule has 2 amide bonds. The Balaban J connectivity index is 1.28. The first-order valence-electron chi connectivity index (χ1n) is 11.0. The van der Waals surface area contributed by atoms with E-state index in [4.69, 9.17) is 14.2 Å². The zero-order valence-corrected chi connectivity index (χ0v) is 19.0.